The van der Waals surface area contributed by atoms with Crippen molar-refractivity contribution < 1.29 is 9.90 Å². The fourth-order valence-corrected chi connectivity index (χ4v) is 2.51. The third kappa shape index (κ3) is 2.28. The Labute approximate surface area is 106 Å². The third-order valence-corrected chi connectivity index (χ3v) is 3.42. The van der Waals surface area contributed by atoms with Gasteiger partial charge < -0.3 is 14.9 Å². The highest BCUT2D eigenvalue weighted by Crippen LogP contribution is 2.26. The molecular formula is C12H18N4O2. The van der Waals surface area contributed by atoms with Crippen molar-refractivity contribution in [1.82, 2.24) is 14.9 Å². The SMILES string of the molecule is CC1CN(c2nccnc2C(=O)O)CC1N(C)C. The molecule has 6 heteroatoms. The fourth-order valence-electron chi connectivity index (χ4n) is 2.51. The van der Waals surface area contributed by atoms with Gasteiger partial charge in [-0.2, -0.15) is 0 Å². The number of aromatic nitrogens is 2. The summed E-state index contributed by atoms with van der Waals surface area (Å²) in [4.78, 5) is 23.4. The van der Waals surface area contributed by atoms with Gasteiger partial charge >= 0.3 is 5.97 Å². The Hall–Kier alpha value is -1.69. The predicted molar refractivity (Wildman–Crippen MR) is 67.8 cm³/mol. The molecule has 1 aromatic rings. The van der Waals surface area contributed by atoms with Crippen LogP contribution in [-0.2, 0) is 0 Å². The lowest BCUT2D eigenvalue weighted by atomic mass is 10.1. The summed E-state index contributed by atoms with van der Waals surface area (Å²) in [7, 11) is 4.08. The van der Waals surface area contributed by atoms with E-state index in [9.17, 15) is 4.79 Å². The molecule has 1 aliphatic rings. The van der Waals surface area contributed by atoms with Crippen molar-refractivity contribution in [3.63, 3.8) is 0 Å². The van der Waals surface area contributed by atoms with E-state index >= 15 is 0 Å². The number of hydrogen-bond acceptors (Lipinski definition) is 5. The van der Waals surface area contributed by atoms with Crippen LogP contribution in [0, 0.1) is 5.92 Å². The summed E-state index contributed by atoms with van der Waals surface area (Å²) in [5.74, 6) is -0.0797. The molecule has 2 atom stereocenters. The van der Waals surface area contributed by atoms with Crippen LogP contribution in [0.25, 0.3) is 0 Å². The van der Waals surface area contributed by atoms with Crippen LogP contribution >= 0.6 is 0 Å². The van der Waals surface area contributed by atoms with Crippen LogP contribution in [0.1, 0.15) is 17.4 Å². The zero-order valence-corrected chi connectivity index (χ0v) is 10.9. The molecule has 0 bridgehead atoms. The van der Waals surface area contributed by atoms with E-state index in [1.807, 2.05) is 19.0 Å². The Bertz CT molecular complexity index is 449. The second-order valence-corrected chi connectivity index (χ2v) is 4.95. The third-order valence-electron chi connectivity index (χ3n) is 3.42. The molecule has 2 heterocycles. The van der Waals surface area contributed by atoms with Crippen molar-refractivity contribution in [3.05, 3.63) is 18.1 Å². The molecule has 0 amide bonds. The fraction of sp³-hybridized carbons (Fsp3) is 0.583. The minimum Gasteiger partial charge on any atom is -0.476 e. The Morgan fingerprint density at radius 2 is 2.06 bits per heavy atom. The molecule has 2 rings (SSSR count). The van der Waals surface area contributed by atoms with E-state index in [4.69, 9.17) is 5.11 Å². The largest absolute Gasteiger partial charge is 0.476 e. The van der Waals surface area contributed by atoms with E-state index in [0.717, 1.165) is 13.1 Å². The first-order valence-electron chi connectivity index (χ1n) is 5.96. The first kappa shape index (κ1) is 12.8. The van der Waals surface area contributed by atoms with Gasteiger partial charge in [0.25, 0.3) is 0 Å². The number of carboxylic acid groups (broad SMARTS) is 1. The van der Waals surface area contributed by atoms with Crippen LogP contribution in [0.4, 0.5) is 5.82 Å². The quantitative estimate of drug-likeness (QED) is 0.845. The van der Waals surface area contributed by atoms with E-state index in [2.05, 4.69) is 21.8 Å². The highest BCUT2D eigenvalue weighted by molar-refractivity contribution is 5.91. The number of aromatic carboxylic acids is 1. The van der Waals surface area contributed by atoms with Gasteiger partial charge in [0.05, 0.1) is 0 Å². The van der Waals surface area contributed by atoms with Gasteiger partial charge in [-0.3, -0.25) is 0 Å². The first-order chi connectivity index (χ1) is 8.50. The van der Waals surface area contributed by atoms with Gasteiger partial charge in [0, 0.05) is 31.5 Å². The lowest BCUT2D eigenvalue weighted by Gasteiger charge is -2.22. The number of carbonyl (C=O) groups is 1. The molecule has 1 saturated heterocycles. The summed E-state index contributed by atoms with van der Waals surface area (Å²) in [6.07, 6.45) is 2.95. The van der Waals surface area contributed by atoms with Crippen LogP contribution < -0.4 is 4.90 Å². The average molecular weight is 250 g/mol. The molecule has 6 nitrogen and oxygen atoms in total. The highest BCUT2D eigenvalue weighted by Gasteiger charge is 2.33. The maximum Gasteiger partial charge on any atom is 0.358 e. The van der Waals surface area contributed by atoms with Crippen molar-refractivity contribution in [1.29, 1.82) is 0 Å². The van der Waals surface area contributed by atoms with Gasteiger partial charge in [-0.1, -0.05) is 6.92 Å². The van der Waals surface area contributed by atoms with Crippen LogP contribution in [0.5, 0.6) is 0 Å². The zero-order valence-electron chi connectivity index (χ0n) is 10.9. The maximum absolute atomic E-state index is 11.1. The Morgan fingerprint density at radius 1 is 1.39 bits per heavy atom. The van der Waals surface area contributed by atoms with Crippen molar-refractivity contribution >= 4 is 11.8 Å². The molecule has 0 aliphatic carbocycles. The smallest absolute Gasteiger partial charge is 0.358 e. The summed E-state index contributed by atoms with van der Waals surface area (Å²) in [6.45, 7) is 3.76. The molecule has 98 valence electrons. The summed E-state index contributed by atoms with van der Waals surface area (Å²) in [5, 5.41) is 9.13. The van der Waals surface area contributed by atoms with Crippen molar-refractivity contribution in [2.75, 3.05) is 32.1 Å². The van der Waals surface area contributed by atoms with Crippen molar-refractivity contribution in [3.8, 4) is 0 Å². The van der Waals surface area contributed by atoms with Crippen LogP contribution in [-0.4, -0.2) is 59.2 Å². The molecule has 1 N–H and O–H groups in total. The molecule has 1 aliphatic heterocycles. The zero-order chi connectivity index (χ0) is 13.3. The number of anilines is 1. The van der Waals surface area contributed by atoms with Gasteiger partial charge in [0.15, 0.2) is 11.5 Å². The standard InChI is InChI=1S/C12H18N4O2/c1-8-6-16(7-9(8)15(2)3)11-10(12(17)18)13-4-5-14-11/h4-5,8-9H,6-7H2,1-3H3,(H,17,18). The average Bonchev–Trinajstić information content (AvgIpc) is 2.71. The van der Waals surface area contributed by atoms with Gasteiger partial charge in [-0.25, -0.2) is 14.8 Å². The molecule has 0 aromatic carbocycles. The molecular weight excluding hydrogens is 232 g/mol. The Balaban J connectivity index is 2.26. The number of rotatable bonds is 3. The van der Waals surface area contributed by atoms with E-state index in [-0.39, 0.29) is 5.69 Å². The summed E-state index contributed by atoms with van der Waals surface area (Å²) < 4.78 is 0. The summed E-state index contributed by atoms with van der Waals surface area (Å²) >= 11 is 0. The summed E-state index contributed by atoms with van der Waals surface area (Å²) in [5.41, 5.74) is 0.0316. The molecule has 0 spiro atoms. The van der Waals surface area contributed by atoms with Crippen LogP contribution in [0.15, 0.2) is 12.4 Å². The second-order valence-electron chi connectivity index (χ2n) is 4.95. The number of nitrogens with zero attached hydrogens (tertiary/aromatic N) is 4. The van der Waals surface area contributed by atoms with Crippen LogP contribution in [0.2, 0.25) is 0 Å². The number of likely N-dealkylation sites (N-methyl/N-ethyl adjacent to an activating group) is 1. The Morgan fingerprint density at radius 3 is 2.61 bits per heavy atom. The molecule has 1 fully saturated rings. The van der Waals surface area contributed by atoms with Gasteiger partial charge in [-0.15, -0.1) is 0 Å². The van der Waals surface area contributed by atoms with Crippen molar-refractivity contribution in [2.24, 2.45) is 5.92 Å². The monoisotopic (exact) mass is 250 g/mol. The van der Waals surface area contributed by atoms with Gasteiger partial charge in [0.1, 0.15) is 0 Å². The lowest BCUT2D eigenvalue weighted by molar-refractivity contribution is 0.0690. The molecule has 0 radical (unpaired) electrons. The summed E-state index contributed by atoms with van der Waals surface area (Å²) in [6, 6.07) is 0.411. The van der Waals surface area contributed by atoms with Crippen molar-refractivity contribution in [2.45, 2.75) is 13.0 Å². The molecule has 18 heavy (non-hydrogen) atoms. The normalized spacial score (nSPS) is 23.7. The molecule has 0 saturated carbocycles. The number of carboxylic acids is 1. The van der Waals surface area contributed by atoms with Gasteiger partial charge in [0.2, 0.25) is 0 Å². The Kier molecular flexibility index (Phi) is 3.47. The minimum atomic E-state index is -1.03. The van der Waals surface area contributed by atoms with E-state index < -0.39 is 5.97 Å². The highest BCUT2D eigenvalue weighted by atomic mass is 16.4. The number of hydrogen-bond donors (Lipinski definition) is 1. The van der Waals surface area contributed by atoms with E-state index in [1.165, 1.54) is 12.4 Å². The van der Waals surface area contributed by atoms with E-state index in [0.29, 0.717) is 17.8 Å². The van der Waals surface area contributed by atoms with Crippen LogP contribution in [0.3, 0.4) is 0 Å². The molecule has 2 unspecified atom stereocenters. The van der Waals surface area contributed by atoms with E-state index in [1.54, 1.807) is 0 Å². The predicted octanol–water partition coefficient (Wildman–Crippen LogP) is 0.561. The maximum atomic E-state index is 11.1. The first-order valence-corrected chi connectivity index (χ1v) is 5.96. The second kappa shape index (κ2) is 4.89. The van der Waals surface area contributed by atoms with Gasteiger partial charge in [-0.05, 0) is 20.0 Å². The molecule has 1 aromatic heterocycles. The minimum absolute atomic E-state index is 0.0316. The lowest BCUT2D eigenvalue weighted by Crippen LogP contribution is -2.34. The topological polar surface area (TPSA) is 69.6 Å².